The fourth-order valence-electron chi connectivity index (χ4n) is 4.15. The van der Waals surface area contributed by atoms with Crippen LogP contribution in [-0.2, 0) is 30.9 Å². The van der Waals surface area contributed by atoms with E-state index < -0.39 is 39.5 Å². The molecule has 0 saturated carbocycles. The van der Waals surface area contributed by atoms with Gasteiger partial charge in [-0.05, 0) is 45.3 Å². The summed E-state index contributed by atoms with van der Waals surface area (Å²) in [7, 11) is 0.511. The van der Waals surface area contributed by atoms with Crippen LogP contribution >= 0.6 is 11.8 Å². The van der Waals surface area contributed by atoms with Gasteiger partial charge in [-0.2, -0.15) is 0 Å². The number of hydrogen-bond acceptors (Lipinski definition) is 11. The summed E-state index contributed by atoms with van der Waals surface area (Å²) in [5.74, 6) is -1.35. The van der Waals surface area contributed by atoms with E-state index in [1.165, 1.54) is 17.8 Å². The molecule has 2 aromatic carbocycles. The van der Waals surface area contributed by atoms with Gasteiger partial charge in [0.2, 0.25) is 10.0 Å². The molecule has 42 heavy (non-hydrogen) atoms. The second kappa shape index (κ2) is 14.6. The SMILES string of the molecule is COCCSc1nc2ccccc2n1C[C@@H](C)Oc1c(S(=O)(=O)NC(C=O)CC(=O)O)ccc(C(=O)CN(C)C)c1N. The number of likely N-dealkylation sites (N-methyl/N-ethyl adjacent to an activating group) is 1. The largest absolute Gasteiger partial charge is 0.485 e. The van der Waals surface area contributed by atoms with Crippen molar-refractivity contribution in [3.8, 4) is 5.75 Å². The first kappa shape index (κ1) is 33.0. The Morgan fingerprint density at radius 1 is 1.24 bits per heavy atom. The minimum absolute atomic E-state index is 0.0124. The first-order chi connectivity index (χ1) is 19.9. The third-order valence-corrected chi connectivity index (χ3v) is 8.43. The molecule has 0 amide bonds. The number of carboxylic acid groups (broad SMARTS) is 1. The quantitative estimate of drug-likeness (QED) is 0.0655. The van der Waals surface area contributed by atoms with Crippen LogP contribution in [0.2, 0.25) is 0 Å². The van der Waals surface area contributed by atoms with Crippen LogP contribution in [0.15, 0.2) is 46.5 Å². The lowest BCUT2D eigenvalue weighted by Crippen LogP contribution is -2.38. The zero-order valence-corrected chi connectivity index (χ0v) is 25.4. The van der Waals surface area contributed by atoms with Crippen molar-refractivity contribution in [3.05, 3.63) is 42.0 Å². The van der Waals surface area contributed by atoms with Crippen molar-refractivity contribution in [2.45, 2.75) is 42.1 Å². The maximum atomic E-state index is 13.4. The van der Waals surface area contributed by atoms with Gasteiger partial charge in [-0.1, -0.05) is 23.9 Å². The molecule has 15 heteroatoms. The van der Waals surface area contributed by atoms with E-state index in [1.54, 1.807) is 33.0 Å². The topological polar surface area (TPSA) is 183 Å². The number of aldehydes is 1. The molecule has 0 saturated heterocycles. The zero-order valence-electron chi connectivity index (χ0n) is 23.8. The number of sulfonamides is 1. The highest BCUT2D eigenvalue weighted by atomic mass is 32.2. The highest BCUT2D eigenvalue weighted by Crippen LogP contribution is 2.35. The lowest BCUT2D eigenvalue weighted by molar-refractivity contribution is -0.138. The summed E-state index contributed by atoms with van der Waals surface area (Å²) in [5, 5.41) is 9.77. The van der Waals surface area contributed by atoms with Crippen molar-refractivity contribution in [2.75, 3.05) is 45.8 Å². The number of aliphatic carboxylic acids is 1. The summed E-state index contributed by atoms with van der Waals surface area (Å²) in [6, 6.07) is 8.45. The number of benzene rings is 2. The van der Waals surface area contributed by atoms with Crippen LogP contribution in [0.1, 0.15) is 23.7 Å². The van der Waals surface area contributed by atoms with Crippen molar-refractivity contribution in [2.24, 2.45) is 0 Å². The molecular weight excluding hydrogens is 586 g/mol. The standard InChI is InChI=1S/C27H35N5O8S2/c1-17(14-32-21-8-6-5-7-20(21)29-27(32)41-12-11-39-4)40-26-23(42(37,38)30-18(16-33)13-24(35)36)10-9-19(25(26)28)22(34)15-31(2)3/h5-10,16-18,30H,11-15,28H2,1-4H3,(H,35,36)/t17-,18?/m1/s1. The molecule has 1 unspecified atom stereocenters. The maximum absolute atomic E-state index is 13.4. The third kappa shape index (κ3) is 8.29. The highest BCUT2D eigenvalue weighted by Gasteiger charge is 2.29. The molecule has 1 aromatic heterocycles. The normalized spacial score (nSPS) is 13.3. The van der Waals surface area contributed by atoms with Crippen LogP contribution in [0.5, 0.6) is 5.75 Å². The molecule has 0 fully saturated rings. The second-order valence-corrected chi connectivity index (χ2v) is 12.5. The Labute approximate surface area is 248 Å². The van der Waals surface area contributed by atoms with Crippen LogP contribution < -0.4 is 15.2 Å². The van der Waals surface area contributed by atoms with E-state index in [9.17, 15) is 22.8 Å². The summed E-state index contributed by atoms with van der Waals surface area (Å²) < 4.78 is 42.1. The number of ether oxygens (including phenoxy) is 2. The maximum Gasteiger partial charge on any atom is 0.305 e. The van der Waals surface area contributed by atoms with Crippen LogP contribution in [0.25, 0.3) is 11.0 Å². The summed E-state index contributed by atoms with van der Waals surface area (Å²) in [6.07, 6.45) is -1.25. The van der Waals surface area contributed by atoms with E-state index in [0.717, 1.165) is 17.1 Å². The molecule has 0 bridgehead atoms. The average Bonchev–Trinajstić information content (AvgIpc) is 3.25. The van der Waals surface area contributed by atoms with Gasteiger partial charge in [-0.15, -0.1) is 0 Å². The number of carbonyl (C=O) groups is 3. The number of ketones is 1. The van der Waals surface area contributed by atoms with E-state index >= 15 is 0 Å². The van der Waals surface area contributed by atoms with Gasteiger partial charge < -0.3 is 34.6 Å². The lowest BCUT2D eigenvalue weighted by Gasteiger charge is -2.23. The van der Waals surface area contributed by atoms with Gasteiger partial charge >= 0.3 is 5.97 Å². The number of methoxy groups -OCH3 is 1. The molecule has 1 heterocycles. The first-order valence-electron chi connectivity index (χ1n) is 12.9. The lowest BCUT2D eigenvalue weighted by atomic mass is 10.1. The third-order valence-electron chi connectivity index (χ3n) is 5.97. The number of Topliss-reactive ketones (excluding diaryl/α,β-unsaturated/α-hetero) is 1. The molecule has 0 aliphatic rings. The second-order valence-electron chi connectivity index (χ2n) is 9.74. The van der Waals surface area contributed by atoms with Gasteiger partial charge in [0.15, 0.2) is 16.7 Å². The monoisotopic (exact) mass is 621 g/mol. The molecular formula is C27H35N5O8S2. The Balaban J connectivity index is 2.03. The van der Waals surface area contributed by atoms with Crippen molar-refractivity contribution in [1.82, 2.24) is 19.2 Å². The molecule has 0 spiro atoms. The number of hydrogen-bond donors (Lipinski definition) is 3. The highest BCUT2D eigenvalue weighted by molar-refractivity contribution is 7.99. The van der Waals surface area contributed by atoms with Crippen molar-refractivity contribution >= 4 is 56.5 Å². The number of carboxylic acids is 1. The Bertz CT molecular complexity index is 1540. The van der Waals surface area contributed by atoms with Crippen LogP contribution in [0.3, 0.4) is 0 Å². The smallest absolute Gasteiger partial charge is 0.305 e. The summed E-state index contributed by atoms with van der Waals surface area (Å²) in [4.78, 5) is 41.4. The molecule has 13 nitrogen and oxygen atoms in total. The Hall–Kier alpha value is -3.50. The van der Waals surface area contributed by atoms with E-state index in [2.05, 4.69) is 4.72 Å². The van der Waals surface area contributed by atoms with Crippen molar-refractivity contribution < 1.29 is 37.4 Å². The zero-order chi connectivity index (χ0) is 31.0. The summed E-state index contributed by atoms with van der Waals surface area (Å²) in [5.41, 5.74) is 7.85. The predicted molar refractivity (Wildman–Crippen MR) is 159 cm³/mol. The molecule has 3 rings (SSSR count). The Morgan fingerprint density at radius 3 is 2.60 bits per heavy atom. The summed E-state index contributed by atoms with van der Waals surface area (Å²) >= 11 is 1.49. The fraction of sp³-hybridized carbons (Fsp3) is 0.407. The van der Waals surface area contributed by atoms with E-state index in [4.69, 9.17) is 25.3 Å². The minimum Gasteiger partial charge on any atom is -0.485 e. The van der Waals surface area contributed by atoms with E-state index in [1.807, 2.05) is 28.8 Å². The van der Waals surface area contributed by atoms with Crippen molar-refractivity contribution in [3.63, 3.8) is 0 Å². The molecule has 0 aliphatic heterocycles. The number of thioether (sulfide) groups is 1. The Morgan fingerprint density at radius 2 is 1.95 bits per heavy atom. The van der Waals surface area contributed by atoms with Crippen LogP contribution in [0.4, 0.5) is 5.69 Å². The van der Waals surface area contributed by atoms with Gasteiger partial charge in [0.25, 0.3) is 0 Å². The van der Waals surface area contributed by atoms with Gasteiger partial charge in [0, 0.05) is 18.4 Å². The van der Waals surface area contributed by atoms with Gasteiger partial charge in [-0.25, -0.2) is 18.1 Å². The Kier molecular flexibility index (Phi) is 11.5. The molecule has 228 valence electrons. The van der Waals surface area contributed by atoms with E-state index in [0.29, 0.717) is 17.5 Å². The number of nitrogens with two attached hydrogens (primary N) is 1. The molecule has 4 N–H and O–H groups in total. The minimum atomic E-state index is -4.51. The van der Waals surface area contributed by atoms with Gasteiger partial charge in [0.1, 0.15) is 17.3 Å². The molecule has 0 aliphatic carbocycles. The number of nitrogens with one attached hydrogen (secondary N) is 1. The van der Waals surface area contributed by atoms with Gasteiger partial charge in [0.05, 0.1) is 48.9 Å². The van der Waals surface area contributed by atoms with Crippen LogP contribution in [0, 0.1) is 0 Å². The molecule has 3 aromatic rings. The van der Waals surface area contributed by atoms with Crippen LogP contribution in [-0.4, -0.2) is 98.3 Å². The number of aromatic nitrogens is 2. The number of rotatable bonds is 17. The van der Waals surface area contributed by atoms with E-state index in [-0.39, 0.29) is 42.2 Å². The molecule has 0 radical (unpaired) electrons. The average molecular weight is 622 g/mol. The number of anilines is 1. The number of imidazole rings is 1. The fourth-order valence-corrected chi connectivity index (χ4v) is 6.39. The number of nitrogens with zero attached hydrogens (tertiary/aromatic N) is 3. The number of carbonyl (C=O) groups excluding carboxylic acids is 2. The number of para-hydroxylation sites is 2. The number of nitrogen functional groups attached to an aromatic ring is 1. The van der Waals surface area contributed by atoms with Gasteiger partial charge in [-0.3, -0.25) is 9.59 Å². The summed E-state index contributed by atoms with van der Waals surface area (Å²) in [6.45, 7) is 2.49. The molecule has 2 atom stereocenters. The predicted octanol–water partition coefficient (Wildman–Crippen LogP) is 1.89. The first-order valence-corrected chi connectivity index (χ1v) is 15.4. The number of fused-ring (bicyclic) bond motifs is 1. The van der Waals surface area contributed by atoms with Crippen molar-refractivity contribution in [1.29, 1.82) is 0 Å².